The van der Waals surface area contributed by atoms with Gasteiger partial charge in [0.15, 0.2) is 6.61 Å². The van der Waals surface area contributed by atoms with Crippen LogP contribution in [0, 0.1) is 5.82 Å². The van der Waals surface area contributed by atoms with E-state index in [0.29, 0.717) is 31.9 Å². The van der Waals surface area contributed by atoms with Gasteiger partial charge in [-0.3, -0.25) is 4.79 Å². The van der Waals surface area contributed by atoms with Gasteiger partial charge in [-0.25, -0.2) is 4.39 Å². The monoisotopic (exact) mass is 426 g/mol. The molecule has 1 aliphatic rings. The molecule has 1 heterocycles. The summed E-state index contributed by atoms with van der Waals surface area (Å²) in [6.07, 6.45) is 3.53. The SMILES string of the molecule is CC/C(=N\OCc1ccc(F)cc1)c1ccc(OCC(=O)NCC2=CCOCC2)cc1. The van der Waals surface area contributed by atoms with Gasteiger partial charge in [-0.1, -0.05) is 35.9 Å². The summed E-state index contributed by atoms with van der Waals surface area (Å²) in [5.41, 5.74) is 3.72. The molecule has 0 spiro atoms. The zero-order valence-corrected chi connectivity index (χ0v) is 17.6. The third-order valence-electron chi connectivity index (χ3n) is 4.78. The van der Waals surface area contributed by atoms with Crippen molar-refractivity contribution in [3.8, 4) is 5.75 Å². The van der Waals surface area contributed by atoms with E-state index < -0.39 is 0 Å². The van der Waals surface area contributed by atoms with Gasteiger partial charge in [0.25, 0.3) is 5.91 Å². The van der Waals surface area contributed by atoms with E-state index >= 15 is 0 Å². The molecule has 0 bridgehead atoms. The minimum absolute atomic E-state index is 0.0430. The second-order valence-electron chi connectivity index (χ2n) is 7.07. The van der Waals surface area contributed by atoms with Gasteiger partial charge in [-0.15, -0.1) is 0 Å². The van der Waals surface area contributed by atoms with Crippen molar-refractivity contribution >= 4 is 11.6 Å². The Morgan fingerprint density at radius 2 is 1.94 bits per heavy atom. The van der Waals surface area contributed by atoms with Crippen LogP contribution in [0.15, 0.2) is 65.3 Å². The Kier molecular flexibility index (Phi) is 8.60. The van der Waals surface area contributed by atoms with Crippen LogP contribution in [0.2, 0.25) is 0 Å². The normalized spacial score (nSPS) is 14.0. The predicted octanol–water partition coefficient (Wildman–Crippen LogP) is 4.00. The minimum Gasteiger partial charge on any atom is -0.484 e. The fraction of sp³-hybridized carbons (Fsp3) is 0.333. The minimum atomic E-state index is -0.280. The van der Waals surface area contributed by atoms with Crippen LogP contribution in [0.1, 0.15) is 30.9 Å². The molecule has 1 N–H and O–H groups in total. The van der Waals surface area contributed by atoms with E-state index in [1.807, 2.05) is 25.1 Å². The second kappa shape index (κ2) is 11.9. The summed E-state index contributed by atoms with van der Waals surface area (Å²) in [6, 6.07) is 13.5. The largest absolute Gasteiger partial charge is 0.484 e. The number of carbonyl (C=O) groups is 1. The maximum atomic E-state index is 13.0. The maximum Gasteiger partial charge on any atom is 0.258 e. The average molecular weight is 426 g/mol. The van der Waals surface area contributed by atoms with Crippen molar-refractivity contribution in [3.63, 3.8) is 0 Å². The quantitative estimate of drug-likeness (QED) is 0.354. The third-order valence-corrected chi connectivity index (χ3v) is 4.78. The summed E-state index contributed by atoms with van der Waals surface area (Å²) in [5, 5.41) is 7.06. The smallest absolute Gasteiger partial charge is 0.258 e. The first-order valence-corrected chi connectivity index (χ1v) is 10.3. The molecule has 2 aromatic rings. The summed E-state index contributed by atoms with van der Waals surface area (Å²) >= 11 is 0. The number of rotatable bonds is 10. The number of benzene rings is 2. The van der Waals surface area contributed by atoms with Crippen molar-refractivity contribution in [1.82, 2.24) is 5.32 Å². The van der Waals surface area contributed by atoms with Gasteiger partial charge in [0.05, 0.1) is 18.9 Å². The van der Waals surface area contributed by atoms with Gasteiger partial charge in [-0.05, 0) is 60.4 Å². The Balaban J connectivity index is 1.45. The van der Waals surface area contributed by atoms with Crippen LogP contribution < -0.4 is 10.1 Å². The highest BCUT2D eigenvalue weighted by Crippen LogP contribution is 2.15. The molecule has 0 saturated heterocycles. The highest BCUT2D eigenvalue weighted by Gasteiger charge is 2.08. The van der Waals surface area contributed by atoms with E-state index in [0.717, 1.165) is 23.3 Å². The Morgan fingerprint density at radius 3 is 2.61 bits per heavy atom. The molecule has 164 valence electrons. The van der Waals surface area contributed by atoms with Crippen molar-refractivity contribution in [2.75, 3.05) is 26.4 Å². The van der Waals surface area contributed by atoms with Crippen molar-refractivity contribution in [1.29, 1.82) is 0 Å². The van der Waals surface area contributed by atoms with E-state index in [9.17, 15) is 9.18 Å². The lowest BCUT2D eigenvalue weighted by Gasteiger charge is -2.14. The molecule has 0 saturated carbocycles. The van der Waals surface area contributed by atoms with Gasteiger partial charge >= 0.3 is 0 Å². The molecular weight excluding hydrogens is 399 g/mol. The van der Waals surface area contributed by atoms with Gasteiger partial charge in [0, 0.05) is 6.54 Å². The number of ether oxygens (including phenoxy) is 2. The van der Waals surface area contributed by atoms with E-state index in [1.54, 1.807) is 24.3 Å². The van der Waals surface area contributed by atoms with Gasteiger partial charge in [0.2, 0.25) is 0 Å². The Labute approximate surface area is 181 Å². The lowest BCUT2D eigenvalue weighted by atomic mass is 10.1. The topological polar surface area (TPSA) is 69.2 Å². The molecule has 1 aliphatic heterocycles. The predicted molar refractivity (Wildman–Crippen MR) is 116 cm³/mol. The first-order valence-electron chi connectivity index (χ1n) is 10.3. The molecule has 0 unspecified atom stereocenters. The lowest BCUT2D eigenvalue weighted by Crippen LogP contribution is -2.31. The molecule has 1 amide bonds. The summed E-state index contributed by atoms with van der Waals surface area (Å²) in [4.78, 5) is 17.4. The highest BCUT2D eigenvalue weighted by molar-refractivity contribution is 6.00. The molecule has 0 aromatic heterocycles. The number of amides is 1. The summed E-state index contributed by atoms with van der Waals surface area (Å²) in [5.74, 6) is 0.159. The number of nitrogens with one attached hydrogen (secondary N) is 1. The van der Waals surface area contributed by atoms with E-state index in [1.165, 1.54) is 17.7 Å². The molecule has 0 atom stereocenters. The summed E-state index contributed by atoms with van der Waals surface area (Å²) < 4.78 is 23.8. The molecule has 2 aromatic carbocycles. The lowest BCUT2D eigenvalue weighted by molar-refractivity contribution is -0.122. The van der Waals surface area contributed by atoms with E-state index in [2.05, 4.69) is 10.5 Å². The number of nitrogens with zero attached hydrogens (tertiary/aromatic N) is 1. The number of halogens is 1. The van der Waals surface area contributed by atoms with Crippen LogP contribution in [0.3, 0.4) is 0 Å². The summed E-state index contributed by atoms with van der Waals surface area (Å²) in [6.45, 7) is 4.05. The van der Waals surface area contributed by atoms with E-state index in [-0.39, 0.29) is 24.9 Å². The van der Waals surface area contributed by atoms with Crippen molar-refractivity contribution in [3.05, 3.63) is 77.1 Å². The second-order valence-corrected chi connectivity index (χ2v) is 7.07. The van der Waals surface area contributed by atoms with Crippen LogP contribution in [-0.4, -0.2) is 38.0 Å². The zero-order valence-electron chi connectivity index (χ0n) is 17.6. The van der Waals surface area contributed by atoms with Crippen LogP contribution in [0.5, 0.6) is 5.75 Å². The number of carbonyl (C=O) groups excluding carboxylic acids is 1. The standard InChI is InChI=1S/C24H27FN2O4/c1-2-23(27-31-16-19-3-7-21(25)8-4-19)20-5-9-22(10-6-20)30-17-24(28)26-15-18-11-13-29-14-12-18/h3-11H,2,12-17H2,1H3,(H,26,28)/b27-23+. The fourth-order valence-electron chi connectivity index (χ4n) is 2.97. The molecule has 31 heavy (non-hydrogen) atoms. The van der Waals surface area contributed by atoms with Crippen molar-refractivity contribution in [2.24, 2.45) is 5.16 Å². The highest BCUT2D eigenvalue weighted by atomic mass is 19.1. The van der Waals surface area contributed by atoms with Crippen LogP contribution in [-0.2, 0) is 21.0 Å². The Hall–Kier alpha value is -3.19. The van der Waals surface area contributed by atoms with Crippen molar-refractivity contribution in [2.45, 2.75) is 26.4 Å². The molecule has 3 rings (SSSR count). The number of hydrogen-bond acceptors (Lipinski definition) is 5. The molecule has 6 nitrogen and oxygen atoms in total. The van der Waals surface area contributed by atoms with Crippen LogP contribution in [0.25, 0.3) is 0 Å². The molecular formula is C24H27FN2O4. The fourth-order valence-corrected chi connectivity index (χ4v) is 2.97. The number of hydrogen-bond donors (Lipinski definition) is 1. The first-order chi connectivity index (χ1) is 15.1. The van der Waals surface area contributed by atoms with Gasteiger partial charge < -0.3 is 19.6 Å². The molecule has 0 fully saturated rings. The van der Waals surface area contributed by atoms with Gasteiger partial charge in [0.1, 0.15) is 18.2 Å². The molecule has 7 heteroatoms. The van der Waals surface area contributed by atoms with Gasteiger partial charge in [-0.2, -0.15) is 0 Å². The number of oxime groups is 1. The van der Waals surface area contributed by atoms with Crippen LogP contribution >= 0.6 is 0 Å². The third kappa shape index (κ3) is 7.53. The summed E-state index contributed by atoms with van der Waals surface area (Å²) in [7, 11) is 0. The van der Waals surface area contributed by atoms with Crippen LogP contribution in [0.4, 0.5) is 4.39 Å². The zero-order chi connectivity index (χ0) is 21.9. The molecule has 0 aliphatic carbocycles. The average Bonchev–Trinajstić information content (AvgIpc) is 2.81. The first kappa shape index (κ1) is 22.5. The Bertz CT molecular complexity index is 908. The van der Waals surface area contributed by atoms with E-state index in [4.69, 9.17) is 14.3 Å². The maximum absolute atomic E-state index is 13.0. The Morgan fingerprint density at radius 1 is 1.16 bits per heavy atom. The van der Waals surface area contributed by atoms with Crippen molar-refractivity contribution < 1.29 is 23.5 Å². The molecule has 0 radical (unpaired) electrons.